The molecule has 0 aliphatic heterocycles. The van der Waals surface area contributed by atoms with Gasteiger partial charge < -0.3 is 0 Å². The minimum Gasteiger partial charge on any atom is -0.0984 e. The predicted octanol–water partition coefficient (Wildman–Crippen LogP) is 3.79. The molecule has 1 aromatic carbocycles. The second-order valence-corrected chi connectivity index (χ2v) is 3.34. The van der Waals surface area contributed by atoms with Crippen LogP contribution in [0.15, 0.2) is 31.4 Å². The van der Waals surface area contributed by atoms with Crippen molar-refractivity contribution in [1.82, 2.24) is 0 Å². The summed E-state index contributed by atoms with van der Waals surface area (Å²) >= 11 is 0. The molecule has 0 aliphatic rings. The molecule has 13 heavy (non-hydrogen) atoms. The van der Waals surface area contributed by atoms with E-state index in [1.54, 1.807) is 0 Å². The van der Waals surface area contributed by atoms with Gasteiger partial charge in [-0.05, 0) is 28.7 Å². The summed E-state index contributed by atoms with van der Waals surface area (Å²) in [4.78, 5) is 0. The van der Waals surface area contributed by atoms with Gasteiger partial charge in [-0.25, -0.2) is 0 Å². The van der Waals surface area contributed by atoms with Crippen molar-refractivity contribution in [2.24, 2.45) is 0 Å². The molecule has 1 aromatic rings. The quantitative estimate of drug-likeness (QED) is 0.649. The molecule has 0 unspecified atom stereocenters. The smallest absolute Gasteiger partial charge is 0.0109 e. The standard InChI is InChI=1S/C13H15/c1-5-11-8-7-9-13(10(3)4)12(11)6-2/h6-10H,1-2H2,3-4H3. The van der Waals surface area contributed by atoms with Crippen molar-refractivity contribution in [3.63, 3.8) is 0 Å². The van der Waals surface area contributed by atoms with Crippen LogP contribution in [0.4, 0.5) is 0 Å². The van der Waals surface area contributed by atoms with Gasteiger partial charge in [0.1, 0.15) is 0 Å². The molecular formula is C13H15. The molecule has 0 aromatic heterocycles. The van der Waals surface area contributed by atoms with Crippen molar-refractivity contribution in [2.45, 2.75) is 19.8 Å². The zero-order valence-electron chi connectivity index (χ0n) is 8.30. The predicted molar refractivity (Wildman–Crippen MR) is 58.6 cm³/mol. The van der Waals surface area contributed by atoms with E-state index in [1.165, 1.54) is 5.56 Å². The molecule has 0 heterocycles. The van der Waals surface area contributed by atoms with Gasteiger partial charge in [-0.15, -0.1) is 0 Å². The van der Waals surface area contributed by atoms with Crippen LogP contribution in [-0.2, 0) is 0 Å². The maximum absolute atomic E-state index is 3.81. The highest BCUT2D eigenvalue weighted by Gasteiger charge is 2.05. The fourth-order valence-electron chi connectivity index (χ4n) is 1.47. The first-order valence-corrected chi connectivity index (χ1v) is 4.49. The molecule has 1 radical (unpaired) electrons. The third-order valence-corrected chi connectivity index (χ3v) is 2.16. The van der Waals surface area contributed by atoms with E-state index in [4.69, 9.17) is 0 Å². The molecule has 0 N–H and O–H groups in total. The summed E-state index contributed by atoms with van der Waals surface area (Å²) in [6.45, 7) is 11.8. The molecule has 1 rings (SSSR count). The minimum absolute atomic E-state index is 0.515. The van der Waals surface area contributed by atoms with E-state index in [0.717, 1.165) is 11.1 Å². The Morgan fingerprint density at radius 2 is 2.08 bits per heavy atom. The molecule has 0 nitrogen and oxygen atoms in total. The summed E-state index contributed by atoms with van der Waals surface area (Å²) in [6.07, 6.45) is 4.80. The zero-order chi connectivity index (χ0) is 9.84. The molecule has 0 heteroatoms. The SMILES string of the molecule is C=[C]c1cccc(C(C)C)c1C=C. The summed E-state index contributed by atoms with van der Waals surface area (Å²) in [6, 6.07) is 6.17. The first kappa shape index (κ1) is 9.79. The molecule has 0 atom stereocenters. The van der Waals surface area contributed by atoms with Gasteiger partial charge in [0.05, 0.1) is 0 Å². The van der Waals surface area contributed by atoms with Crippen LogP contribution in [0.3, 0.4) is 0 Å². The summed E-state index contributed by atoms with van der Waals surface area (Å²) in [5.74, 6) is 0.515. The Kier molecular flexibility index (Phi) is 3.07. The minimum atomic E-state index is 0.515. The molecule has 0 fully saturated rings. The van der Waals surface area contributed by atoms with Crippen LogP contribution in [0.25, 0.3) is 6.08 Å². The number of benzene rings is 1. The maximum atomic E-state index is 3.81. The number of hydrogen-bond acceptors (Lipinski definition) is 0. The van der Waals surface area contributed by atoms with Crippen molar-refractivity contribution in [2.75, 3.05) is 0 Å². The van der Waals surface area contributed by atoms with E-state index in [2.05, 4.69) is 39.1 Å². The van der Waals surface area contributed by atoms with Crippen LogP contribution < -0.4 is 0 Å². The van der Waals surface area contributed by atoms with Crippen molar-refractivity contribution >= 4 is 6.08 Å². The highest BCUT2D eigenvalue weighted by atomic mass is 14.1. The van der Waals surface area contributed by atoms with E-state index >= 15 is 0 Å². The molecule has 0 bridgehead atoms. The first-order valence-electron chi connectivity index (χ1n) is 4.49. The van der Waals surface area contributed by atoms with Crippen LogP contribution in [-0.4, -0.2) is 0 Å². The van der Waals surface area contributed by atoms with Gasteiger partial charge in [0, 0.05) is 0 Å². The third-order valence-electron chi connectivity index (χ3n) is 2.16. The Bertz CT molecular complexity index is 319. The average molecular weight is 171 g/mol. The third kappa shape index (κ3) is 1.89. The van der Waals surface area contributed by atoms with Crippen LogP contribution in [0.1, 0.15) is 36.5 Å². The molecule has 0 amide bonds. The van der Waals surface area contributed by atoms with Gasteiger partial charge in [-0.1, -0.05) is 51.3 Å². The van der Waals surface area contributed by atoms with Crippen molar-refractivity contribution in [3.05, 3.63) is 54.1 Å². The van der Waals surface area contributed by atoms with Crippen molar-refractivity contribution in [3.8, 4) is 0 Å². The highest BCUT2D eigenvalue weighted by molar-refractivity contribution is 5.59. The molecule has 0 aliphatic carbocycles. The van der Waals surface area contributed by atoms with Crippen LogP contribution in [0, 0.1) is 6.08 Å². The average Bonchev–Trinajstić information content (AvgIpc) is 2.16. The monoisotopic (exact) mass is 171 g/mol. The molecule has 0 saturated carbocycles. The van der Waals surface area contributed by atoms with E-state index < -0.39 is 0 Å². The summed E-state index contributed by atoms with van der Waals surface area (Å²) in [5.41, 5.74) is 3.51. The fourth-order valence-corrected chi connectivity index (χ4v) is 1.47. The van der Waals surface area contributed by atoms with E-state index in [9.17, 15) is 0 Å². The second-order valence-electron chi connectivity index (χ2n) is 3.34. The lowest BCUT2D eigenvalue weighted by molar-refractivity contribution is 0.863. The zero-order valence-corrected chi connectivity index (χ0v) is 8.30. The number of hydrogen-bond donors (Lipinski definition) is 0. The summed E-state index contributed by atoms with van der Waals surface area (Å²) in [7, 11) is 0. The Balaban J connectivity index is 3.35. The fraction of sp³-hybridized carbons (Fsp3) is 0.231. The van der Waals surface area contributed by atoms with E-state index in [0.29, 0.717) is 5.92 Å². The van der Waals surface area contributed by atoms with Gasteiger partial charge in [0.2, 0.25) is 0 Å². The van der Waals surface area contributed by atoms with Gasteiger partial charge in [0.15, 0.2) is 0 Å². The van der Waals surface area contributed by atoms with Gasteiger partial charge in [0.25, 0.3) is 0 Å². The molecule has 0 saturated heterocycles. The lowest BCUT2D eigenvalue weighted by Gasteiger charge is -2.11. The van der Waals surface area contributed by atoms with E-state index in [-0.39, 0.29) is 0 Å². The van der Waals surface area contributed by atoms with Crippen molar-refractivity contribution in [1.29, 1.82) is 0 Å². The Morgan fingerprint density at radius 1 is 1.38 bits per heavy atom. The largest absolute Gasteiger partial charge is 0.0984 e. The van der Waals surface area contributed by atoms with E-state index in [1.807, 2.05) is 18.2 Å². The lowest BCUT2D eigenvalue weighted by Crippen LogP contribution is -1.94. The van der Waals surface area contributed by atoms with Crippen LogP contribution in [0.2, 0.25) is 0 Å². The molecular weight excluding hydrogens is 156 g/mol. The van der Waals surface area contributed by atoms with Gasteiger partial charge in [-0.2, -0.15) is 0 Å². The number of rotatable bonds is 3. The molecule has 67 valence electrons. The Morgan fingerprint density at radius 3 is 2.54 bits per heavy atom. The van der Waals surface area contributed by atoms with Gasteiger partial charge in [-0.3, -0.25) is 0 Å². The van der Waals surface area contributed by atoms with Crippen LogP contribution in [0.5, 0.6) is 0 Å². The van der Waals surface area contributed by atoms with Crippen LogP contribution >= 0.6 is 0 Å². The first-order chi connectivity index (χ1) is 6.20. The Hall–Kier alpha value is -1.30. The highest BCUT2D eigenvalue weighted by Crippen LogP contribution is 2.23. The lowest BCUT2D eigenvalue weighted by atomic mass is 9.93. The normalized spacial score (nSPS) is 10.1. The Labute approximate surface area is 80.6 Å². The summed E-state index contributed by atoms with van der Waals surface area (Å²) in [5, 5.41) is 0. The summed E-state index contributed by atoms with van der Waals surface area (Å²) < 4.78 is 0. The maximum Gasteiger partial charge on any atom is -0.0109 e. The molecule has 0 spiro atoms. The topological polar surface area (TPSA) is 0 Å². The van der Waals surface area contributed by atoms with Gasteiger partial charge >= 0.3 is 0 Å². The van der Waals surface area contributed by atoms with Crippen molar-refractivity contribution < 1.29 is 0 Å². The second kappa shape index (κ2) is 4.08.